The van der Waals surface area contributed by atoms with Crippen molar-refractivity contribution in [2.45, 2.75) is 19.1 Å². The van der Waals surface area contributed by atoms with Gasteiger partial charge in [-0.3, -0.25) is 0 Å². The van der Waals surface area contributed by atoms with E-state index in [0.717, 1.165) is 5.57 Å². The molecule has 94 valence electrons. The number of hydrogen-bond donors (Lipinski definition) is 0. The molecule has 0 bridgehead atoms. The smallest absolute Gasteiger partial charge is 0.352 e. The third-order valence-corrected chi connectivity index (χ3v) is 2.45. The molecular weight excluding hydrogens is 228 g/mol. The maximum atomic E-state index is 11.5. The Hall–Kier alpha value is -0.693. The minimum atomic E-state index is -1.35. The van der Waals surface area contributed by atoms with E-state index in [1.54, 1.807) is 0 Å². The number of rotatable bonds is 8. The summed E-state index contributed by atoms with van der Waals surface area (Å²) in [6.45, 7) is 6.37. The summed E-state index contributed by atoms with van der Waals surface area (Å²) in [5, 5.41) is 0. The second-order valence-corrected chi connectivity index (χ2v) is 3.82. The molecule has 0 aromatic rings. The van der Waals surface area contributed by atoms with Crippen LogP contribution in [0.3, 0.4) is 0 Å². The van der Waals surface area contributed by atoms with Crippen LogP contribution in [0.15, 0.2) is 12.2 Å². The normalized spacial score (nSPS) is 11.4. The van der Waals surface area contributed by atoms with E-state index in [2.05, 4.69) is 6.58 Å². The second kappa shape index (κ2) is 7.56. The van der Waals surface area contributed by atoms with Crippen LogP contribution in [-0.4, -0.2) is 49.7 Å². The molecule has 0 atom stereocenters. The van der Waals surface area contributed by atoms with Crippen molar-refractivity contribution in [2.75, 3.05) is 27.4 Å². The molecular formula is C10H20O5Si. The van der Waals surface area contributed by atoms with Gasteiger partial charge in [0.15, 0.2) is 0 Å². The fraction of sp³-hybridized carbons (Fsp3) is 0.700. The van der Waals surface area contributed by atoms with E-state index in [1.807, 2.05) is 6.92 Å². The highest BCUT2D eigenvalue weighted by molar-refractivity contribution is 6.06. The molecule has 0 aromatic carbocycles. The van der Waals surface area contributed by atoms with E-state index in [1.165, 1.54) is 14.2 Å². The van der Waals surface area contributed by atoms with Crippen LogP contribution in [0.1, 0.15) is 13.3 Å². The molecule has 0 saturated heterocycles. The number of hydrogen-bond acceptors (Lipinski definition) is 5. The van der Waals surface area contributed by atoms with Gasteiger partial charge in [-0.2, -0.15) is 0 Å². The highest BCUT2D eigenvalue weighted by Gasteiger charge is 2.39. The number of carbonyl (C=O) groups excluding carboxylic acids is 1. The average Bonchev–Trinajstić information content (AvgIpc) is 2.29. The Bertz CT molecular complexity index is 237. The molecule has 16 heavy (non-hydrogen) atoms. The SMILES string of the molecule is C=C(C)COCCC(OC)(OC)C(=O)O[SiH3]. The lowest BCUT2D eigenvalue weighted by Gasteiger charge is -2.27. The topological polar surface area (TPSA) is 54.0 Å². The Kier molecular flexibility index (Phi) is 7.23. The van der Waals surface area contributed by atoms with Crippen molar-refractivity contribution in [2.24, 2.45) is 0 Å². The fourth-order valence-electron chi connectivity index (χ4n) is 1.16. The summed E-state index contributed by atoms with van der Waals surface area (Å²) in [6, 6.07) is 0. The standard InChI is InChI=1S/C10H20O5Si/c1-8(2)7-14-6-5-10(12-3,13-4)9(11)15-16/h1,5-7H2,2-4,16H3. The van der Waals surface area contributed by atoms with Gasteiger partial charge in [0.2, 0.25) is 10.5 Å². The van der Waals surface area contributed by atoms with Crippen LogP contribution >= 0.6 is 0 Å². The molecule has 0 fully saturated rings. The first-order valence-corrected chi connectivity index (χ1v) is 5.75. The molecule has 0 saturated carbocycles. The van der Waals surface area contributed by atoms with Crippen LogP contribution in [0, 0.1) is 0 Å². The van der Waals surface area contributed by atoms with Gasteiger partial charge in [-0.25, -0.2) is 4.79 Å². The van der Waals surface area contributed by atoms with Gasteiger partial charge in [-0.15, -0.1) is 0 Å². The minimum absolute atomic E-state index is 0.286. The minimum Gasteiger partial charge on any atom is -0.525 e. The van der Waals surface area contributed by atoms with Crippen molar-refractivity contribution >= 4 is 16.5 Å². The summed E-state index contributed by atoms with van der Waals surface area (Å²) in [5.41, 5.74) is 0.922. The Morgan fingerprint density at radius 3 is 2.31 bits per heavy atom. The van der Waals surface area contributed by atoms with Gasteiger partial charge >= 0.3 is 5.97 Å². The molecule has 0 unspecified atom stereocenters. The summed E-state index contributed by atoms with van der Waals surface area (Å²) >= 11 is 0. The van der Waals surface area contributed by atoms with Gasteiger partial charge in [-0.1, -0.05) is 12.2 Å². The van der Waals surface area contributed by atoms with E-state index >= 15 is 0 Å². The Morgan fingerprint density at radius 2 is 1.94 bits per heavy atom. The summed E-state index contributed by atoms with van der Waals surface area (Å²) in [5.74, 6) is -1.86. The first-order valence-electron chi connectivity index (χ1n) is 4.93. The van der Waals surface area contributed by atoms with Gasteiger partial charge in [-0.05, 0) is 6.92 Å². The van der Waals surface area contributed by atoms with Crippen molar-refractivity contribution in [3.05, 3.63) is 12.2 Å². The largest absolute Gasteiger partial charge is 0.525 e. The molecule has 0 amide bonds. The summed E-state index contributed by atoms with van der Waals surface area (Å²) in [4.78, 5) is 11.5. The second-order valence-electron chi connectivity index (χ2n) is 3.41. The van der Waals surface area contributed by atoms with E-state index in [4.69, 9.17) is 18.6 Å². The number of carbonyl (C=O) groups is 1. The molecule has 0 radical (unpaired) electrons. The lowest BCUT2D eigenvalue weighted by Crippen LogP contribution is -2.44. The lowest BCUT2D eigenvalue weighted by molar-refractivity contribution is -0.227. The zero-order valence-electron chi connectivity index (χ0n) is 10.4. The van der Waals surface area contributed by atoms with Gasteiger partial charge in [0.25, 0.3) is 5.79 Å². The van der Waals surface area contributed by atoms with Crippen LogP contribution in [-0.2, 0) is 23.4 Å². The van der Waals surface area contributed by atoms with Crippen LogP contribution in [0.4, 0.5) is 0 Å². The molecule has 6 heteroatoms. The van der Waals surface area contributed by atoms with Crippen molar-refractivity contribution in [3.63, 3.8) is 0 Å². The average molecular weight is 248 g/mol. The van der Waals surface area contributed by atoms with Gasteiger partial charge in [0.05, 0.1) is 13.2 Å². The zero-order chi connectivity index (χ0) is 12.6. The predicted molar refractivity (Wildman–Crippen MR) is 63.0 cm³/mol. The van der Waals surface area contributed by atoms with Crippen LogP contribution < -0.4 is 0 Å². The van der Waals surface area contributed by atoms with Crippen molar-refractivity contribution < 1.29 is 23.4 Å². The molecule has 0 rings (SSSR count). The molecule has 0 aliphatic rings. The number of ether oxygens (including phenoxy) is 3. The Labute approximate surface area is 99.2 Å². The number of methoxy groups -OCH3 is 2. The molecule has 5 nitrogen and oxygen atoms in total. The quantitative estimate of drug-likeness (QED) is 0.257. The molecule has 0 N–H and O–H groups in total. The van der Waals surface area contributed by atoms with E-state index in [-0.39, 0.29) is 6.42 Å². The highest BCUT2D eigenvalue weighted by Crippen LogP contribution is 2.18. The molecule has 0 heterocycles. The summed E-state index contributed by atoms with van der Waals surface area (Å²) in [7, 11) is 3.11. The van der Waals surface area contributed by atoms with Crippen molar-refractivity contribution in [1.29, 1.82) is 0 Å². The van der Waals surface area contributed by atoms with E-state index in [9.17, 15) is 4.79 Å². The van der Waals surface area contributed by atoms with Gasteiger partial charge < -0.3 is 18.6 Å². The Morgan fingerprint density at radius 1 is 1.38 bits per heavy atom. The Balaban J connectivity index is 4.22. The fourth-order valence-corrected chi connectivity index (χ4v) is 1.48. The van der Waals surface area contributed by atoms with E-state index < -0.39 is 11.8 Å². The lowest BCUT2D eigenvalue weighted by atomic mass is 10.2. The van der Waals surface area contributed by atoms with Crippen LogP contribution in [0.25, 0.3) is 0 Å². The molecule has 0 aliphatic heterocycles. The maximum Gasteiger partial charge on any atom is 0.352 e. The first kappa shape index (κ1) is 15.3. The van der Waals surface area contributed by atoms with Crippen molar-refractivity contribution in [3.8, 4) is 0 Å². The third kappa shape index (κ3) is 4.44. The molecule has 0 spiro atoms. The molecule has 0 aromatic heterocycles. The van der Waals surface area contributed by atoms with Crippen LogP contribution in [0.5, 0.6) is 0 Å². The zero-order valence-corrected chi connectivity index (χ0v) is 12.4. The predicted octanol–water partition coefficient (Wildman–Crippen LogP) is -0.218. The van der Waals surface area contributed by atoms with E-state index in [0.29, 0.717) is 23.7 Å². The third-order valence-electron chi connectivity index (χ3n) is 2.08. The monoisotopic (exact) mass is 248 g/mol. The first-order chi connectivity index (χ1) is 7.52. The van der Waals surface area contributed by atoms with Crippen molar-refractivity contribution in [1.82, 2.24) is 0 Å². The maximum absolute atomic E-state index is 11.5. The summed E-state index contributed by atoms with van der Waals surface area (Å²) < 4.78 is 20.2. The van der Waals surface area contributed by atoms with Gasteiger partial charge in [0, 0.05) is 20.6 Å². The van der Waals surface area contributed by atoms with Gasteiger partial charge in [0.1, 0.15) is 0 Å². The van der Waals surface area contributed by atoms with Crippen LogP contribution in [0.2, 0.25) is 0 Å². The summed E-state index contributed by atoms with van der Waals surface area (Å²) in [6.07, 6.45) is 0.286. The highest BCUT2D eigenvalue weighted by atomic mass is 28.2. The molecule has 0 aliphatic carbocycles.